The van der Waals surface area contributed by atoms with E-state index < -0.39 is 0 Å². The lowest BCUT2D eigenvalue weighted by molar-refractivity contribution is 0.121. The van der Waals surface area contributed by atoms with Crippen LogP contribution in [-0.4, -0.2) is 32.9 Å². The molecule has 0 aliphatic rings. The highest BCUT2D eigenvalue weighted by Gasteiger charge is 2.14. The molecule has 0 saturated heterocycles. The summed E-state index contributed by atoms with van der Waals surface area (Å²) in [6.45, 7) is 2.54. The third kappa shape index (κ3) is 7.23. The van der Waals surface area contributed by atoms with Crippen molar-refractivity contribution in [3.8, 4) is 17.2 Å². The fourth-order valence-electron chi connectivity index (χ4n) is 3.84. The molecule has 1 aromatic heterocycles. The largest absolute Gasteiger partial charge is 0.497 e. The zero-order valence-electron chi connectivity index (χ0n) is 21.0. The number of hydrogen-bond donors (Lipinski definition) is 0. The summed E-state index contributed by atoms with van der Waals surface area (Å²) < 4.78 is 22.0. The maximum Gasteiger partial charge on any atom is 0.186 e. The molecule has 0 aliphatic heterocycles. The van der Waals surface area contributed by atoms with Crippen LogP contribution in [-0.2, 0) is 30.9 Å². The summed E-state index contributed by atoms with van der Waals surface area (Å²) in [6.07, 6.45) is 0.846. The van der Waals surface area contributed by atoms with Gasteiger partial charge >= 0.3 is 0 Å². The van der Waals surface area contributed by atoms with Crippen molar-refractivity contribution in [2.45, 2.75) is 26.1 Å². The van der Waals surface area contributed by atoms with Gasteiger partial charge in [-0.1, -0.05) is 36.4 Å². The number of aromatic nitrogens is 1. The van der Waals surface area contributed by atoms with E-state index in [-0.39, 0.29) is 0 Å². The average Bonchev–Trinajstić information content (AvgIpc) is 3.40. The second-order valence-corrected chi connectivity index (χ2v) is 9.17. The van der Waals surface area contributed by atoms with Crippen molar-refractivity contribution in [3.63, 3.8) is 0 Å². The zero-order valence-corrected chi connectivity index (χ0v) is 21.8. The summed E-state index contributed by atoms with van der Waals surface area (Å²) in [5.74, 6) is 2.56. The monoisotopic (exact) mass is 504 g/mol. The number of benzene rings is 3. The number of hydrogen-bond acceptors (Lipinski definition) is 7. The van der Waals surface area contributed by atoms with Crippen LogP contribution in [0.25, 0.3) is 0 Å². The molecule has 0 aliphatic carbocycles. The first-order chi connectivity index (χ1) is 17.7. The standard InChI is InChI=1S/C29H32N2O4S/c1-32-26-12-10-22(11-13-26)14-15-35-20-25-21-36-29(30-25)31(18-23-6-4-8-27(16-23)33-2)19-24-7-5-9-28(17-24)34-3/h4-13,16-17,21H,14-15,18-20H2,1-3H3. The molecule has 0 N–H and O–H groups in total. The summed E-state index contributed by atoms with van der Waals surface area (Å²) >= 11 is 1.63. The van der Waals surface area contributed by atoms with Crippen molar-refractivity contribution >= 4 is 16.5 Å². The van der Waals surface area contributed by atoms with E-state index in [4.69, 9.17) is 23.9 Å². The van der Waals surface area contributed by atoms with Gasteiger partial charge in [-0.2, -0.15) is 0 Å². The minimum atomic E-state index is 0.485. The van der Waals surface area contributed by atoms with Gasteiger partial charge in [0, 0.05) is 18.5 Å². The maximum atomic E-state index is 5.93. The highest BCUT2D eigenvalue weighted by atomic mass is 32.1. The van der Waals surface area contributed by atoms with Gasteiger partial charge in [-0.25, -0.2) is 4.98 Å². The lowest BCUT2D eigenvalue weighted by Crippen LogP contribution is -2.22. The van der Waals surface area contributed by atoms with Gasteiger partial charge in [0.15, 0.2) is 5.13 Å². The highest BCUT2D eigenvalue weighted by Crippen LogP contribution is 2.27. The fraction of sp³-hybridized carbons (Fsp3) is 0.276. The second kappa shape index (κ2) is 13.0. The van der Waals surface area contributed by atoms with Crippen molar-refractivity contribution in [2.75, 3.05) is 32.8 Å². The zero-order chi connectivity index (χ0) is 25.2. The third-order valence-corrected chi connectivity index (χ3v) is 6.72. The van der Waals surface area contributed by atoms with Crippen LogP contribution in [0.15, 0.2) is 78.2 Å². The van der Waals surface area contributed by atoms with Gasteiger partial charge in [0.2, 0.25) is 0 Å². The molecule has 188 valence electrons. The Bertz CT molecular complexity index is 1180. The van der Waals surface area contributed by atoms with Gasteiger partial charge in [0.1, 0.15) is 17.2 Å². The Morgan fingerprint density at radius 1 is 0.722 bits per heavy atom. The molecular weight excluding hydrogens is 472 g/mol. The molecule has 6 nitrogen and oxygen atoms in total. The van der Waals surface area contributed by atoms with Crippen LogP contribution in [0.1, 0.15) is 22.4 Å². The minimum absolute atomic E-state index is 0.485. The van der Waals surface area contributed by atoms with E-state index in [0.717, 1.165) is 45.6 Å². The number of thiazole rings is 1. The van der Waals surface area contributed by atoms with Gasteiger partial charge in [0.05, 0.1) is 40.2 Å². The van der Waals surface area contributed by atoms with Crippen molar-refractivity contribution in [1.82, 2.24) is 4.98 Å². The molecule has 0 fully saturated rings. The van der Waals surface area contributed by atoms with Crippen LogP contribution in [0.2, 0.25) is 0 Å². The predicted molar refractivity (Wildman–Crippen MR) is 144 cm³/mol. The molecule has 0 spiro atoms. The van der Waals surface area contributed by atoms with Crippen molar-refractivity contribution in [3.05, 3.63) is 101 Å². The molecule has 0 amide bonds. The Morgan fingerprint density at radius 3 is 1.92 bits per heavy atom. The van der Waals surface area contributed by atoms with Crippen LogP contribution < -0.4 is 19.1 Å². The first-order valence-corrected chi connectivity index (χ1v) is 12.7. The number of ether oxygens (including phenoxy) is 4. The van der Waals surface area contributed by atoms with Crippen LogP contribution >= 0.6 is 11.3 Å². The predicted octanol–water partition coefficient (Wildman–Crippen LogP) is 6.14. The number of methoxy groups -OCH3 is 3. The smallest absolute Gasteiger partial charge is 0.186 e. The number of nitrogens with zero attached hydrogens (tertiary/aromatic N) is 2. The highest BCUT2D eigenvalue weighted by molar-refractivity contribution is 7.13. The Kier molecular flexibility index (Phi) is 9.19. The molecule has 3 aromatic carbocycles. The van der Waals surface area contributed by atoms with E-state index in [9.17, 15) is 0 Å². The summed E-state index contributed by atoms with van der Waals surface area (Å²) in [6, 6.07) is 24.4. The van der Waals surface area contributed by atoms with Gasteiger partial charge in [0.25, 0.3) is 0 Å². The normalized spacial score (nSPS) is 10.8. The minimum Gasteiger partial charge on any atom is -0.497 e. The number of rotatable bonds is 13. The Labute approximate surface area is 217 Å². The Morgan fingerprint density at radius 2 is 1.33 bits per heavy atom. The molecule has 4 aromatic rings. The Hall–Kier alpha value is -3.55. The van der Waals surface area contributed by atoms with E-state index in [1.54, 1.807) is 32.7 Å². The molecule has 4 rings (SSSR count). The molecule has 36 heavy (non-hydrogen) atoms. The van der Waals surface area contributed by atoms with E-state index in [2.05, 4.69) is 46.7 Å². The summed E-state index contributed by atoms with van der Waals surface area (Å²) in [7, 11) is 5.05. The molecule has 0 bridgehead atoms. The van der Waals surface area contributed by atoms with E-state index >= 15 is 0 Å². The molecule has 0 radical (unpaired) electrons. The summed E-state index contributed by atoms with van der Waals surface area (Å²) in [5.41, 5.74) is 4.47. The van der Waals surface area contributed by atoms with Crippen molar-refractivity contribution < 1.29 is 18.9 Å². The van der Waals surface area contributed by atoms with Crippen molar-refractivity contribution in [1.29, 1.82) is 0 Å². The van der Waals surface area contributed by atoms with Crippen LogP contribution in [0.5, 0.6) is 17.2 Å². The second-order valence-electron chi connectivity index (χ2n) is 8.33. The lowest BCUT2D eigenvalue weighted by atomic mass is 10.1. The SMILES string of the molecule is COc1ccc(CCOCc2csc(N(Cc3cccc(OC)c3)Cc3cccc(OC)c3)n2)cc1. The molecule has 0 unspecified atom stereocenters. The van der Waals surface area contributed by atoms with Gasteiger partial charge < -0.3 is 23.8 Å². The van der Waals surface area contributed by atoms with Gasteiger partial charge in [-0.05, 0) is 59.5 Å². The molecule has 7 heteroatoms. The van der Waals surface area contributed by atoms with Crippen LogP contribution in [0.3, 0.4) is 0 Å². The van der Waals surface area contributed by atoms with Gasteiger partial charge in [-0.3, -0.25) is 0 Å². The maximum absolute atomic E-state index is 5.93. The van der Waals surface area contributed by atoms with E-state index in [1.165, 1.54) is 5.56 Å². The first kappa shape index (κ1) is 25.5. The molecule has 0 saturated carbocycles. The fourth-order valence-corrected chi connectivity index (χ4v) is 4.65. The molecule has 0 atom stereocenters. The van der Waals surface area contributed by atoms with E-state index in [0.29, 0.717) is 26.3 Å². The number of anilines is 1. The quantitative estimate of drug-likeness (QED) is 0.204. The van der Waals surface area contributed by atoms with Crippen LogP contribution in [0.4, 0.5) is 5.13 Å². The van der Waals surface area contributed by atoms with Crippen LogP contribution in [0, 0.1) is 0 Å². The van der Waals surface area contributed by atoms with E-state index in [1.807, 2.05) is 36.4 Å². The van der Waals surface area contributed by atoms with Crippen molar-refractivity contribution in [2.24, 2.45) is 0 Å². The summed E-state index contributed by atoms with van der Waals surface area (Å²) in [4.78, 5) is 7.17. The summed E-state index contributed by atoms with van der Waals surface area (Å²) in [5, 5.41) is 3.03. The average molecular weight is 505 g/mol. The van der Waals surface area contributed by atoms with Gasteiger partial charge in [-0.15, -0.1) is 11.3 Å². The lowest BCUT2D eigenvalue weighted by Gasteiger charge is -2.22. The topological polar surface area (TPSA) is 53.1 Å². The first-order valence-electron chi connectivity index (χ1n) is 11.8. The Balaban J connectivity index is 1.41. The third-order valence-electron chi connectivity index (χ3n) is 5.77. The molecule has 1 heterocycles. The molecular formula is C29H32N2O4S.